The maximum atomic E-state index is 11.6. The largest absolute Gasteiger partial charge is 0.466 e. The highest BCUT2D eigenvalue weighted by Gasteiger charge is 2.57. The summed E-state index contributed by atoms with van der Waals surface area (Å²) in [5.74, 6) is 0.589. The van der Waals surface area contributed by atoms with Crippen molar-refractivity contribution in [3.63, 3.8) is 0 Å². The molecule has 1 aromatic rings. The van der Waals surface area contributed by atoms with Crippen molar-refractivity contribution in [3.8, 4) is 0 Å². The van der Waals surface area contributed by atoms with Crippen LogP contribution < -0.4 is 0 Å². The fourth-order valence-corrected chi connectivity index (χ4v) is 3.33. The summed E-state index contributed by atoms with van der Waals surface area (Å²) in [5.41, 5.74) is 3.19. The summed E-state index contributed by atoms with van der Waals surface area (Å²) < 4.78 is 5.09. The molecular formula is C15H18O2. The minimum absolute atomic E-state index is 0.0191. The van der Waals surface area contributed by atoms with Crippen molar-refractivity contribution in [2.75, 3.05) is 6.61 Å². The van der Waals surface area contributed by atoms with E-state index in [4.69, 9.17) is 4.74 Å². The second-order valence-electron chi connectivity index (χ2n) is 5.30. The Kier molecular flexibility index (Phi) is 2.46. The van der Waals surface area contributed by atoms with Gasteiger partial charge in [0.05, 0.1) is 13.0 Å². The Morgan fingerprint density at radius 1 is 1.47 bits per heavy atom. The van der Waals surface area contributed by atoms with Gasteiger partial charge in [0.25, 0.3) is 0 Å². The fraction of sp³-hybridized carbons (Fsp3) is 0.533. The van der Waals surface area contributed by atoms with Crippen LogP contribution in [0.5, 0.6) is 0 Å². The highest BCUT2D eigenvalue weighted by atomic mass is 16.5. The van der Waals surface area contributed by atoms with E-state index in [0.717, 1.165) is 12.8 Å². The average molecular weight is 230 g/mol. The first-order chi connectivity index (χ1) is 8.25. The Bertz CT molecular complexity index is 452. The van der Waals surface area contributed by atoms with E-state index in [2.05, 4.69) is 24.3 Å². The van der Waals surface area contributed by atoms with E-state index in [1.165, 1.54) is 17.5 Å². The van der Waals surface area contributed by atoms with Crippen molar-refractivity contribution < 1.29 is 9.53 Å². The van der Waals surface area contributed by atoms with Gasteiger partial charge in [-0.05, 0) is 48.6 Å². The summed E-state index contributed by atoms with van der Waals surface area (Å²) in [6.45, 7) is 2.37. The summed E-state index contributed by atoms with van der Waals surface area (Å²) in [6, 6.07) is 8.67. The summed E-state index contributed by atoms with van der Waals surface area (Å²) >= 11 is 0. The van der Waals surface area contributed by atoms with Crippen LogP contribution in [0.25, 0.3) is 0 Å². The van der Waals surface area contributed by atoms with Gasteiger partial charge < -0.3 is 4.74 Å². The van der Waals surface area contributed by atoms with Crippen molar-refractivity contribution in [1.29, 1.82) is 0 Å². The van der Waals surface area contributed by atoms with Gasteiger partial charge in [-0.25, -0.2) is 0 Å². The number of hydrogen-bond acceptors (Lipinski definition) is 2. The number of carbonyl (C=O) groups is 1. The van der Waals surface area contributed by atoms with E-state index in [1.807, 2.05) is 6.92 Å². The van der Waals surface area contributed by atoms with Crippen LogP contribution in [0.4, 0.5) is 0 Å². The van der Waals surface area contributed by atoms with Gasteiger partial charge in [-0.3, -0.25) is 4.79 Å². The van der Waals surface area contributed by atoms with Crippen molar-refractivity contribution in [3.05, 3.63) is 35.4 Å². The standard InChI is InChI=1S/C15H18O2/c1-2-17-14(16)10-15-8-7-11-5-3-4-6-12(11)13(15)9-15/h3-6,13H,2,7-10H2,1H3/t13-,15-/m1/s1. The van der Waals surface area contributed by atoms with Gasteiger partial charge in [-0.2, -0.15) is 0 Å². The van der Waals surface area contributed by atoms with Crippen molar-refractivity contribution in [2.45, 2.75) is 38.5 Å². The minimum atomic E-state index is -0.0191. The first-order valence-corrected chi connectivity index (χ1v) is 6.48. The predicted molar refractivity (Wildman–Crippen MR) is 65.8 cm³/mol. The average Bonchev–Trinajstić information content (AvgIpc) is 3.04. The van der Waals surface area contributed by atoms with Gasteiger partial charge in [0.2, 0.25) is 0 Å². The van der Waals surface area contributed by atoms with Crippen LogP contribution in [0.3, 0.4) is 0 Å². The second-order valence-corrected chi connectivity index (χ2v) is 5.30. The number of fused-ring (bicyclic) bond motifs is 3. The molecule has 0 aromatic heterocycles. The molecule has 3 rings (SSSR count). The molecule has 1 aromatic carbocycles. The molecule has 0 heterocycles. The Morgan fingerprint density at radius 2 is 2.29 bits per heavy atom. The third kappa shape index (κ3) is 1.76. The van der Waals surface area contributed by atoms with Crippen LogP contribution in [-0.2, 0) is 16.0 Å². The third-order valence-corrected chi connectivity index (χ3v) is 4.31. The monoisotopic (exact) mass is 230 g/mol. The number of esters is 1. The molecule has 90 valence electrons. The summed E-state index contributed by atoms with van der Waals surface area (Å²) in [5, 5.41) is 0. The quantitative estimate of drug-likeness (QED) is 0.746. The number of rotatable bonds is 3. The third-order valence-electron chi connectivity index (χ3n) is 4.31. The number of benzene rings is 1. The highest BCUT2D eigenvalue weighted by molar-refractivity contribution is 5.71. The molecule has 0 radical (unpaired) electrons. The molecule has 2 nitrogen and oxygen atoms in total. The molecule has 0 bridgehead atoms. The molecule has 0 aliphatic heterocycles. The van der Waals surface area contributed by atoms with Crippen LogP contribution in [0.15, 0.2) is 24.3 Å². The maximum absolute atomic E-state index is 11.6. The lowest BCUT2D eigenvalue weighted by molar-refractivity contribution is -0.144. The summed E-state index contributed by atoms with van der Waals surface area (Å²) in [4.78, 5) is 11.6. The molecule has 2 aliphatic rings. The molecule has 17 heavy (non-hydrogen) atoms. The highest BCUT2D eigenvalue weighted by Crippen LogP contribution is 2.67. The number of aryl methyl sites for hydroxylation is 1. The van der Waals surface area contributed by atoms with Crippen LogP contribution in [0.1, 0.15) is 43.2 Å². The second kappa shape index (κ2) is 3.86. The normalized spacial score (nSPS) is 29.1. The van der Waals surface area contributed by atoms with Gasteiger partial charge in [-0.1, -0.05) is 24.3 Å². The van der Waals surface area contributed by atoms with Crippen molar-refractivity contribution in [2.24, 2.45) is 5.41 Å². The number of carbonyl (C=O) groups excluding carboxylic acids is 1. The molecule has 2 heteroatoms. The Hall–Kier alpha value is -1.31. The molecule has 0 unspecified atom stereocenters. The van der Waals surface area contributed by atoms with Gasteiger partial charge in [0.15, 0.2) is 0 Å². The fourth-order valence-electron chi connectivity index (χ4n) is 3.33. The van der Waals surface area contributed by atoms with Crippen LogP contribution in [0, 0.1) is 5.41 Å². The van der Waals surface area contributed by atoms with E-state index in [9.17, 15) is 4.79 Å². The van der Waals surface area contributed by atoms with E-state index < -0.39 is 0 Å². The maximum Gasteiger partial charge on any atom is 0.306 e. The summed E-state index contributed by atoms with van der Waals surface area (Å²) in [7, 11) is 0. The summed E-state index contributed by atoms with van der Waals surface area (Å²) in [6.07, 6.45) is 4.04. The molecule has 0 spiro atoms. The van der Waals surface area contributed by atoms with E-state index in [0.29, 0.717) is 18.9 Å². The number of hydrogen-bond donors (Lipinski definition) is 0. The van der Waals surface area contributed by atoms with Gasteiger partial charge >= 0.3 is 5.97 Å². The van der Waals surface area contributed by atoms with E-state index in [1.54, 1.807) is 0 Å². The first kappa shape index (κ1) is 10.8. The lowest BCUT2D eigenvalue weighted by atomic mass is 9.82. The zero-order valence-electron chi connectivity index (χ0n) is 10.2. The minimum Gasteiger partial charge on any atom is -0.466 e. The molecule has 2 aliphatic carbocycles. The molecule has 2 atom stereocenters. The Balaban J connectivity index is 1.77. The van der Waals surface area contributed by atoms with Crippen molar-refractivity contribution >= 4 is 5.97 Å². The Labute approximate surface area is 102 Å². The van der Waals surface area contributed by atoms with E-state index >= 15 is 0 Å². The Morgan fingerprint density at radius 3 is 3.12 bits per heavy atom. The molecule has 1 saturated carbocycles. The SMILES string of the molecule is CCOC(=O)C[C@]12CCc3ccccc3[C@H]1C2. The first-order valence-electron chi connectivity index (χ1n) is 6.48. The van der Waals surface area contributed by atoms with Crippen molar-refractivity contribution in [1.82, 2.24) is 0 Å². The van der Waals surface area contributed by atoms with Crippen LogP contribution >= 0.6 is 0 Å². The predicted octanol–water partition coefficient (Wildman–Crippen LogP) is 3.06. The molecule has 0 saturated heterocycles. The molecular weight excluding hydrogens is 212 g/mol. The lowest BCUT2D eigenvalue weighted by Crippen LogP contribution is -2.18. The van der Waals surface area contributed by atoms with Gasteiger partial charge in [0, 0.05) is 0 Å². The molecule has 0 N–H and O–H groups in total. The zero-order valence-corrected chi connectivity index (χ0v) is 10.2. The van der Waals surface area contributed by atoms with E-state index in [-0.39, 0.29) is 11.4 Å². The topological polar surface area (TPSA) is 26.3 Å². The van der Waals surface area contributed by atoms with Crippen LogP contribution in [-0.4, -0.2) is 12.6 Å². The smallest absolute Gasteiger partial charge is 0.306 e. The van der Waals surface area contributed by atoms with Gasteiger partial charge in [0.1, 0.15) is 0 Å². The van der Waals surface area contributed by atoms with Crippen LogP contribution in [0.2, 0.25) is 0 Å². The lowest BCUT2D eigenvalue weighted by Gasteiger charge is -2.23. The zero-order chi connectivity index (χ0) is 11.9. The molecule has 1 fully saturated rings. The van der Waals surface area contributed by atoms with Gasteiger partial charge in [-0.15, -0.1) is 0 Å². The molecule has 0 amide bonds. The number of ether oxygens (including phenoxy) is 1.